The molecule has 0 saturated carbocycles. The van der Waals surface area contributed by atoms with Crippen molar-refractivity contribution in [3.63, 3.8) is 0 Å². The number of aryl methyl sites for hydroxylation is 2. The average Bonchev–Trinajstić information content (AvgIpc) is 3.02. The van der Waals surface area contributed by atoms with Gasteiger partial charge in [0.05, 0.1) is 17.2 Å². The second kappa shape index (κ2) is 8.21. The predicted molar refractivity (Wildman–Crippen MR) is 109 cm³/mol. The van der Waals surface area contributed by atoms with Crippen LogP contribution >= 0.6 is 11.3 Å². The Morgan fingerprint density at radius 1 is 1.07 bits per heavy atom. The molecule has 3 aromatic rings. The summed E-state index contributed by atoms with van der Waals surface area (Å²) >= 11 is 1.51. The summed E-state index contributed by atoms with van der Waals surface area (Å²) in [6, 6.07) is 14.5. The number of sulfonamides is 1. The molecule has 0 unspecified atom stereocenters. The van der Waals surface area contributed by atoms with Crippen LogP contribution in [-0.4, -0.2) is 20.0 Å². The molecule has 0 aliphatic rings. The van der Waals surface area contributed by atoms with Crippen molar-refractivity contribution in [3.05, 3.63) is 64.7 Å². The van der Waals surface area contributed by atoms with E-state index in [1.807, 2.05) is 45.0 Å². The number of benzene rings is 2. The molecule has 3 rings (SSSR count). The highest BCUT2D eigenvalue weighted by Crippen LogP contribution is 2.30. The molecule has 0 fully saturated rings. The van der Waals surface area contributed by atoms with Crippen LogP contribution in [0.5, 0.6) is 5.75 Å². The first-order chi connectivity index (χ1) is 12.9. The van der Waals surface area contributed by atoms with Gasteiger partial charge in [-0.1, -0.05) is 24.3 Å². The first-order valence-electron chi connectivity index (χ1n) is 8.65. The zero-order chi connectivity index (χ0) is 19.4. The van der Waals surface area contributed by atoms with Crippen LogP contribution in [0, 0.1) is 13.8 Å². The molecule has 0 radical (unpaired) electrons. The SMILES string of the molecule is CCOc1ccc(S(=O)(=O)NCc2sc(-c3ccccc3C)nc2C)cc1. The largest absolute Gasteiger partial charge is 0.494 e. The smallest absolute Gasteiger partial charge is 0.240 e. The van der Waals surface area contributed by atoms with E-state index in [-0.39, 0.29) is 11.4 Å². The van der Waals surface area contributed by atoms with Gasteiger partial charge in [0, 0.05) is 17.0 Å². The van der Waals surface area contributed by atoms with Crippen molar-refractivity contribution in [2.45, 2.75) is 32.2 Å². The maximum absolute atomic E-state index is 12.5. The van der Waals surface area contributed by atoms with Crippen molar-refractivity contribution < 1.29 is 13.2 Å². The van der Waals surface area contributed by atoms with Crippen LogP contribution in [0.1, 0.15) is 23.1 Å². The average molecular weight is 403 g/mol. The van der Waals surface area contributed by atoms with Crippen LogP contribution in [0.2, 0.25) is 0 Å². The topological polar surface area (TPSA) is 68.3 Å². The number of hydrogen-bond acceptors (Lipinski definition) is 5. The molecule has 1 N–H and O–H groups in total. The lowest BCUT2D eigenvalue weighted by Gasteiger charge is -2.07. The van der Waals surface area contributed by atoms with Crippen molar-refractivity contribution in [3.8, 4) is 16.3 Å². The van der Waals surface area contributed by atoms with E-state index in [1.54, 1.807) is 24.3 Å². The van der Waals surface area contributed by atoms with E-state index in [0.717, 1.165) is 26.7 Å². The number of aromatic nitrogens is 1. The molecule has 0 aliphatic carbocycles. The number of hydrogen-bond donors (Lipinski definition) is 1. The number of rotatable bonds is 7. The fourth-order valence-electron chi connectivity index (χ4n) is 2.65. The van der Waals surface area contributed by atoms with Gasteiger partial charge in [-0.15, -0.1) is 11.3 Å². The van der Waals surface area contributed by atoms with Crippen molar-refractivity contribution in [1.29, 1.82) is 0 Å². The van der Waals surface area contributed by atoms with Crippen LogP contribution in [0.25, 0.3) is 10.6 Å². The Bertz CT molecular complexity index is 1030. The van der Waals surface area contributed by atoms with Crippen molar-refractivity contribution in [1.82, 2.24) is 9.71 Å². The maximum atomic E-state index is 12.5. The first kappa shape index (κ1) is 19.5. The summed E-state index contributed by atoms with van der Waals surface area (Å²) in [5.74, 6) is 0.651. The summed E-state index contributed by atoms with van der Waals surface area (Å²) in [6.45, 7) is 6.58. The van der Waals surface area contributed by atoms with Gasteiger partial charge in [-0.05, 0) is 50.6 Å². The number of thiazole rings is 1. The molecule has 0 aliphatic heterocycles. The summed E-state index contributed by atoms with van der Waals surface area (Å²) in [6.07, 6.45) is 0. The van der Waals surface area contributed by atoms with E-state index in [1.165, 1.54) is 11.3 Å². The van der Waals surface area contributed by atoms with Crippen LogP contribution in [0.4, 0.5) is 0 Å². The molecule has 0 saturated heterocycles. The lowest BCUT2D eigenvalue weighted by atomic mass is 10.1. The van der Waals surface area contributed by atoms with Gasteiger partial charge < -0.3 is 4.74 Å². The second-order valence-corrected chi connectivity index (χ2v) is 8.92. The third-order valence-electron chi connectivity index (χ3n) is 4.14. The molecular formula is C20H22N2O3S2. The second-order valence-electron chi connectivity index (χ2n) is 6.07. The van der Waals surface area contributed by atoms with Crippen LogP contribution < -0.4 is 9.46 Å². The van der Waals surface area contributed by atoms with E-state index in [9.17, 15) is 8.42 Å². The molecule has 7 heteroatoms. The van der Waals surface area contributed by atoms with Crippen LogP contribution in [-0.2, 0) is 16.6 Å². The molecule has 0 atom stereocenters. The number of nitrogens with zero attached hydrogens (tertiary/aromatic N) is 1. The van der Waals surface area contributed by atoms with Gasteiger partial charge in [-0.2, -0.15) is 0 Å². The maximum Gasteiger partial charge on any atom is 0.240 e. The Labute approximate surface area is 164 Å². The van der Waals surface area contributed by atoms with Crippen molar-refractivity contribution in [2.24, 2.45) is 0 Å². The van der Waals surface area contributed by atoms with Gasteiger partial charge in [-0.3, -0.25) is 0 Å². The summed E-state index contributed by atoms with van der Waals surface area (Å²) < 4.78 is 33.1. The van der Waals surface area contributed by atoms with Crippen molar-refractivity contribution in [2.75, 3.05) is 6.61 Å². The third-order valence-corrected chi connectivity index (χ3v) is 6.74. The molecule has 27 heavy (non-hydrogen) atoms. The monoisotopic (exact) mass is 402 g/mol. The minimum absolute atomic E-state index is 0.213. The quantitative estimate of drug-likeness (QED) is 0.640. The summed E-state index contributed by atoms with van der Waals surface area (Å²) in [7, 11) is -3.60. The van der Waals surface area contributed by atoms with Crippen molar-refractivity contribution >= 4 is 21.4 Å². The molecular weight excluding hydrogens is 380 g/mol. The number of ether oxygens (including phenoxy) is 1. The zero-order valence-corrected chi connectivity index (χ0v) is 17.2. The van der Waals surface area contributed by atoms with Gasteiger partial charge in [-0.25, -0.2) is 18.1 Å². The molecule has 0 amide bonds. The van der Waals surface area contributed by atoms with E-state index in [4.69, 9.17) is 4.74 Å². The molecule has 1 heterocycles. The lowest BCUT2D eigenvalue weighted by Crippen LogP contribution is -2.23. The standard InChI is InChI=1S/C20H22N2O3S2/c1-4-25-16-9-11-17(12-10-16)27(23,24)21-13-19-15(3)22-20(26-19)18-8-6-5-7-14(18)2/h5-12,21H,4,13H2,1-3H3. The first-order valence-corrected chi connectivity index (χ1v) is 11.0. The fraction of sp³-hybridized carbons (Fsp3) is 0.250. The Morgan fingerprint density at radius 3 is 2.44 bits per heavy atom. The highest BCUT2D eigenvalue weighted by molar-refractivity contribution is 7.89. The van der Waals surface area contributed by atoms with Gasteiger partial charge in [0.2, 0.25) is 10.0 Å². The van der Waals surface area contributed by atoms with Crippen LogP contribution in [0.3, 0.4) is 0 Å². The molecule has 0 spiro atoms. The van der Waals surface area contributed by atoms with Gasteiger partial charge in [0.1, 0.15) is 10.8 Å². The zero-order valence-electron chi connectivity index (χ0n) is 15.5. The summed E-state index contributed by atoms with van der Waals surface area (Å²) in [4.78, 5) is 5.73. The Balaban J connectivity index is 1.75. The van der Waals surface area contributed by atoms with E-state index >= 15 is 0 Å². The van der Waals surface area contributed by atoms with Gasteiger partial charge in [0.25, 0.3) is 0 Å². The highest BCUT2D eigenvalue weighted by Gasteiger charge is 2.17. The van der Waals surface area contributed by atoms with Gasteiger partial charge in [0.15, 0.2) is 0 Å². The molecule has 1 aromatic heterocycles. The summed E-state index contributed by atoms with van der Waals surface area (Å²) in [5.41, 5.74) is 3.06. The molecule has 142 valence electrons. The summed E-state index contributed by atoms with van der Waals surface area (Å²) in [5, 5.41) is 0.904. The number of nitrogens with one attached hydrogen (secondary N) is 1. The minimum Gasteiger partial charge on any atom is -0.494 e. The van der Waals surface area contributed by atoms with E-state index in [2.05, 4.69) is 9.71 Å². The van der Waals surface area contributed by atoms with Gasteiger partial charge >= 0.3 is 0 Å². The molecule has 5 nitrogen and oxygen atoms in total. The molecule has 2 aromatic carbocycles. The highest BCUT2D eigenvalue weighted by atomic mass is 32.2. The van der Waals surface area contributed by atoms with Crippen LogP contribution in [0.15, 0.2) is 53.4 Å². The van der Waals surface area contributed by atoms with E-state index in [0.29, 0.717) is 12.4 Å². The predicted octanol–water partition coefficient (Wildman–Crippen LogP) is 4.30. The normalized spacial score (nSPS) is 11.5. The molecule has 0 bridgehead atoms. The lowest BCUT2D eigenvalue weighted by molar-refractivity contribution is 0.340. The Morgan fingerprint density at radius 2 is 1.78 bits per heavy atom. The van der Waals surface area contributed by atoms with E-state index < -0.39 is 10.0 Å². The third kappa shape index (κ3) is 4.55. The fourth-order valence-corrected chi connectivity index (χ4v) is 4.83. The minimum atomic E-state index is -3.60. The Kier molecular flexibility index (Phi) is 5.94. The Hall–Kier alpha value is -2.22.